The Morgan fingerprint density at radius 1 is 1.45 bits per heavy atom. The summed E-state index contributed by atoms with van der Waals surface area (Å²) in [4.78, 5) is 10.2. The number of carboxylic acid groups (broad SMARTS) is 1. The molecule has 0 saturated carbocycles. The van der Waals surface area contributed by atoms with Gasteiger partial charge < -0.3 is 10.4 Å². The van der Waals surface area contributed by atoms with Gasteiger partial charge in [0.05, 0.1) is 6.42 Å². The van der Waals surface area contributed by atoms with Crippen LogP contribution in [0.5, 0.6) is 0 Å². The Kier molecular flexibility index (Phi) is 4.86. The first-order chi connectivity index (χ1) is 5.02. The first kappa shape index (κ1) is 10.4. The van der Waals surface area contributed by atoms with Crippen LogP contribution < -0.4 is 5.32 Å². The van der Waals surface area contributed by atoms with E-state index < -0.39 is 5.97 Å². The third kappa shape index (κ3) is 7.33. The molecule has 0 amide bonds. The van der Waals surface area contributed by atoms with Gasteiger partial charge in [-0.1, -0.05) is 13.8 Å². The molecule has 0 aliphatic rings. The van der Waals surface area contributed by atoms with Crippen molar-refractivity contribution >= 4 is 5.97 Å². The predicted molar refractivity (Wildman–Crippen MR) is 44.6 cm³/mol. The van der Waals surface area contributed by atoms with Crippen LogP contribution in [0.15, 0.2) is 0 Å². The van der Waals surface area contributed by atoms with Gasteiger partial charge >= 0.3 is 5.97 Å². The van der Waals surface area contributed by atoms with Crippen LogP contribution in [0.2, 0.25) is 0 Å². The second-order valence-corrected chi connectivity index (χ2v) is 3.30. The first-order valence-corrected chi connectivity index (χ1v) is 3.97. The van der Waals surface area contributed by atoms with Gasteiger partial charge in [0.25, 0.3) is 0 Å². The summed E-state index contributed by atoms with van der Waals surface area (Å²) in [6.07, 6.45) is 0.201. The average Bonchev–Trinajstić information content (AvgIpc) is 1.82. The minimum absolute atomic E-state index is 0.0786. The predicted octanol–water partition coefficient (Wildman–Crippen LogP) is 1.10. The molecule has 3 nitrogen and oxygen atoms in total. The lowest BCUT2D eigenvalue weighted by Gasteiger charge is -2.12. The number of carboxylic acids is 1. The summed E-state index contributed by atoms with van der Waals surface area (Å²) >= 11 is 0. The van der Waals surface area contributed by atoms with Gasteiger partial charge in [-0.2, -0.15) is 0 Å². The van der Waals surface area contributed by atoms with Crippen LogP contribution in [0.25, 0.3) is 0 Å². The Hall–Kier alpha value is -0.570. The third-order valence-electron chi connectivity index (χ3n) is 1.36. The molecule has 0 spiro atoms. The third-order valence-corrected chi connectivity index (χ3v) is 1.36. The molecular formula is C8H17NO2. The van der Waals surface area contributed by atoms with Gasteiger partial charge in [0, 0.05) is 6.04 Å². The number of hydrogen-bond donors (Lipinski definition) is 2. The summed E-state index contributed by atoms with van der Waals surface area (Å²) in [6.45, 7) is 6.96. The van der Waals surface area contributed by atoms with Crippen molar-refractivity contribution in [3.8, 4) is 0 Å². The molecule has 0 aliphatic heterocycles. The SMILES string of the molecule is CC(C)CNC(C)CC(=O)O. The summed E-state index contributed by atoms with van der Waals surface area (Å²) in [5, 5.41) is 11.5. The molecule has 0 rings (SSSR count). The van der Waals surface area contributed by atoms with E-state index in [4.69, 9.17) is 5.11 Å². The standard InChI is InChI=1S/C8H17NO2/c1-6(2)5-9-7(3)4-8(10)11/h6-7,9H,4-5H2,1-3H3,(H,10,11). The quantitative estimate of drug-likeness (QED) is 0.631. The topological polar surface area (TPSA) is 49.3 Å². The summed E-state index contributed by atoms with van der Waals surface area (Å²) in [7, 11) is 0. The van der Waals surface area contributed by atoms with Crippen molar-refractivity contribution in [3.63, 3.8) is 0 Å². The summed E-state index contributed by atoms with van der Waals surface area (Å²) in [6, 6.07) is 0.0786. The van der Waals surface area contributed by atoms with Crippen LogP contribution in [0.3, 0.4) is 0 Å². The van der Waals surface area contributed by atoms with Gasteiger partial charge in [0.15, 0.2) is 0 Å². The minimum Gasteiger partial charge on any atom is -0.481 e. The van der Waals surface area contributed by atoms with E-state index in [9.17, 15) is 4.79 Å². The van der Waals surface area contributed by atoms with Gasteiger partial charge in [-0.3, -0.25) is 4.79 Å². The van der Waals surface area contributed by atoms with E-state index in [2.05, 4.69) is 19.2 Å². The Bertz CT molecular complexity index is 123. The molecule has 0 aromatic heterocycles. The smallest absolute Gasteiger partial charge is 0.304 e. The Balaban J connectivity index is 3.37. The van der Waals surface area contributed by atoms with Crippen LogP contribution in [0, 0.1) is 5.92 Å². The lowest BCUT2D eigenvalue weighted by Crippen LogP contribution is -2.31. The van der Waals surface area contributed by atoms with E-state index in [1.165, 1.54) is 0 Å². The van der Waals surface area contributed by atoms with Crippen molar-refractivity contribution in [2.45, 2.75) is 33.2 Å². The minimum atomic E-state index is -0.742. The molecule has 0 radical (unpaired) electrons. The van der Waals surface area contributed by atoms with Gasteiger partial charge in [-0.05, 0) is 19.4 Å². The van der Waals surface area contributed by atoms with Crippen molar-refractivity contribution < 1.29 is 9.90 Å². The van der Waals surface area contributed by atoms with Crippen molar-refractivity contribution in [3.05, 3.63) is 0 Å². The number of nitrogens with one attached hydrogen (secondary N) is 1. The monoisotopic (exact) mass is 159 g/mol. The maximum atomic E-state index is 10.2. The Morgan fingerprint density at radius 2 is 2.00 bits per heavy atom. The zero-order valence-corrected chi connectivity index (χ0v) is 7.42. The van der Waals surface area contributed by atoms with E-state index in [1.807, 2.05) is 6.92 Å². The molecule has 0 fully saturated rings. The maximum absolute atomic E-state index is 10.2. The number of carbonyl (C=O) groups is 1. The maximum Gasteiger partial charge on any atom is 0.304 e. The van der Waals surface area contributed by atoms with Gasteiger partial charge in [-0.25, -0.2) is 0 Å². The second-order valence-electron chi connectivity index (χ2n) is 3.30. The number of rotatable bonds is 5. The van der Waals surface area contributed by atoms with E-state index >= 15 is 0 Å². The number of aliphatic carboxylic acids is 1. The highest BCUT2D eigenvalue weighted by Gasteiger charge is 2.06. The molecule has 0 aliphatic carbocycles. The van der Waals surface area contributed by atoms with Crippen LogP contribution >= 0.6 is 0 Å². The molecule has 2 N–H and O–H groups in total. The molecular weight excluding hydrogens is 142 g/mol. The highest BCUT2D eigenvalue weighted by atomic mass is 16.4. The largest absolute Gasteiger partial charge is 0.481 e. The van der Waals surface area contributed by atoms with Crippen molar-refractivity contribution in [1.82, 2.24) is 5.32 Å². The van der Waals surface area contributed by atoms with Gasteiger partial charge in [0.1, 0.15) is 0 Å². The molecule has 66 valence electrons. The normalized spacial score (nSPS) is 13.5. The molecule has 0 heterocycles. The van der Waals surface area contributed by atoms with E-state index in [0.29, 0.717) is 5.92 Å². The zero-order chi connectivity index (χ0) is 8.85. The van der Waals surface area contributed by atoms with Gasteiger partial charge in [0.2, 0.25) is 0 Å². The van der Waals surface area contributed by atoms with Crippen molar-refractivity contribution in [1.29, 1.82) is 0 Å². The zero-order valence-electron chi connectivity index (χ0n) is 7.42. The Labute approximate surface area is 67.8 Å². The lowest BCUT2D eigenvalue weighted by atomic mass is 10.2. The summed E-state index contributed by atoms with van der Waals surface area (Å²) < 4.78 is 0. The van der Waals surface area contributed by atoms with Crippen LogP contribution in [0.4, 0.5) is 0 Å². The van der Waals surface area contributed by atoms with Crippen molar-refractivity contribution in [2.24, 2.45) is 5.92 Å². The fourth-order valence-electron chi connectivity index (χ4n) is 0.771. The molecule has 0 aromatic carbocycles. The fraction of sp³-hybridized carbons (Fsp3) is 0.875. The van der Waals surface area contributed by atoms with Crippen LogP contribution in [-0.4, -0.2) is 23.7 Å². The molecule has 1 unspecified atom stereocenters. The average molecular weight is 159 g/mol. The highest BCUT2D eigenvalue weighted by molar-refractivity contribution is 5.67. The first-order valence-electron chi connectivity index (χ1n) is 3.97. The molecule has 3 heteroatoms. The second kappa shape index (κ2) is 5.13. The summed E-state index contributed by atoms with van der Waals surface area (Å²) in [5.41, 5.74) is 0. The van der Waals surface area contributed by atoms with Crippen LogP contribution in [-0.2, 0) is 4.79 Å². The summed E-state index contributed by atoms with van der Waals surface area (Å²) in [5.74, 6) is -0.167. The molecule has 11 heavy (non-hydrogen) atoms. The van der Waals surface area contributed by atoms with Crippen molar-refractivity contribution in [2.75, 3.05) is 6.54 Å². The van der Waals surface area contributed by atoms with E-state index in [1.54, 1.807) is 0 Å². The Morgan fingerprint density at radius 3 is 2.36 bits per heavy atom. The molecule has 0 saturated heterocycles. The molecule has 0 aromatic rings. The molecule has 0 bridgehead atoms. The highest BCUT2D eigenvalue weighted by Crippen LogP contribution is 1.93. The van der Waals surface area contributed by atoms with Crippen LogP contribution in [0.1, 0.15) is 27.2 Å². The van der Waals surface area contributed by atoms with Gasteiger partial charge in [-0.15, -0.1) is 0 Å². The lowest BCUT2D eigenvalue weighted by molar-refractivity contribution is -0.137. The van der Waals surface area contributed by atoms with E-state index in [0.717, 1.165) is 6.54 Å². The fourth-order valence-corrected chi connectivity index (χ4v) is 0.771. The van der Waals surface area contributed by atoms with E-state index in [-0.39, 0.29) is 12.5 Å². The molecule has 1 atom stereocenters. The number of hydrogen-bond acceptors (Lipinski definition) is 2.